The predicted octanol–water partition coefficient (Wildman–Crippen LogP) is 5.14. The van der Waals surface area contributed by atoms with Crippen molar-refractivity contribution in [3.05, 3.63) is 42.5 Å². The fourth-order valence-electron chi connectivity index (χ4n) is 3.41. The van der Waals surface area contributed by atoms with Crippen molar-refractivity contribution in [3.63, 3.8) is 0 Å². The van der Waals surface area contributed by atoms with Gasteiger partial charge in [-0.3, -0.25) is 4.79 Å². The Kier molecular flexibility index (Phi) is 6.73. The molecule has 166 valence electrons. The largest absolute Gasteiger partial charge is 0.492 e. The van der Waals surface area contributed by atoms with Crippen LogP contribution in [0.15, 0.2) is 42.5 Å². The molecule has 7 heteroatoms. The summed E-state index contributed by atoms with van der Waals surface area (Å²) < 4.78 is 11.5. The number of urea groups is 1. The molecule has 7 nitrogen and oxygen atoms in total. The van der Waals surface area contributed by atoms with Crippen molar-refractivity contribution in [1.82, 2.24) is 0 Å². The van der Waals surface area contributed by atoms with Crippen LogP contribution >= 0.6 is 0 Å². The van der Waals surface area contributed by atoms with Crippen molar-refractivity contribution in [1.29, 1.82) is 0 Å². The molecule has 1 aliphatic rings. The first kappa shape index (κ1) is 22.5. The van der Waals surface area contributed by atoms with Gasteiger partial charge in [-0.05, 0) is 51.0 Å². The molecule has 2 N–H and O–H groups in total. The summed E-state index contributed by atoms with van der Waals surface area (Å²) in [6.45, 7) is 11.2. The molecule has 3 amide bonds. The summed E-state index contributed by atoms with van der Waals surface area (Å²) in [5.41, 5.74) is 1.24. The lowest BCUT2D eigenvalue weighted by atomic mass is 9.92. The van der Waals surface area contributed by atoms with Gasteiger partial charge in [0.25, 0.3) is 0 Å². The number of amides is 3. The number of carbonyl (C=O) groups excluding carboxylic acids is 2. The summed E-state index contributed by atoms with van der Waals surface area (Å²) in [7, 11) is 0. The molecule has 2 aromatic rings. The Bertz CT molecular complexity index is 956. The molecule has 1 heterocycles. The van der Waals surface area contributed by atoms with Gasteiger partial charge in [0.05, 0.1) is 23.4 Å². The summed E-state index contributed by atoms with van der Waals surface area (Å²) in [6.07, 6.45) is 0. The monoisotopic (exact) mass is 425 g/mol. The lowest BCUT2D eigenvalue weighted by Crippen LogP contribution is -2.43. The van der Waals surface area contributed by atoms with Crippen LogP contribution in [0.1, 0.15) is 34.6 Å². The summed E-state index contributed by atoms with van der Waals surface area (Å²) in [5, 5.41) is 5.64. The van der Waals surface area contributed by atoms with E-state index in [1.54, 1.807) is 29.2 Å². The number of hydrogen-bond donors (Lipinski definition) is 2. The second-order valence-electron chi connectivity index (χ2n) is 8.67. The molecule has 0 saturated carbocycles. The van der Waals surface area contributed by atoms with E-state index in [-0.39, 0.29) is 12.5 Å². The van der Waals surface area contributed by atoms with Gasteiger partial charge >= 0.3 is 6.03 Å². The molecule has 0 aromatic heterocycles. The Labute approximate surface area is 183 Å². The minimum atomic E-state index is -0.637. The Balaban J connectivity index is 1.80. The molecule has 2 aromatic carbocycles. The average molecular weight is 426 g/mol. The smallest absolute Gasteiger partial charge is 0.323 e. The maximum Gasteiger partial charge on any atom is 0.323 e. The van der Waals surface area contributed by atoms with Crippen molar-refractivity contribution in [2.45, 2.75) is 34.6 Å². The second kappa shape index (κ2) is 9.29. The van der Waals surface area contributed by atoms with E-state index in [1.807, 2.05) is 39.0 Å². The zero-order chi connectivity index (χ0) is 22.6. The van der Waals surface area contributed by atoms with E-state index >= 15 is 0 Å². The summed E-state index contributed by atoms with van der Waals surface area (Å²) in [4.78, 5) is 27.4. The normalized spacial score (nSPS) is 15.0. The van der Waals surface area contributed by atoms with Crippen molar-refractivity contribution in [3.8, 4) is 11.5 Å². The minimum absolute atomic E-state index is 0.0333. The topological polar surface area (TPSA) is 79.9 Å². The lowest BCUT2D eigenvalue weighted by Gasteiger charge is -2.29. The molecule has 31 heavy (non-hydrogen) atoms. The van der Waals surface area contributed by atoms with Crippen LogP contribution < -0.4 is 25.0 Å². The van der Waals surface area contributed by atoms with Crippen LogP contribution in [0.5, 0.6) is 11.5 Å². The number of para-hydroxylation sites is 2. The van der Waals surface area contributed by atoms with E-state index in [2.05, 4.69) is 24.5 Å². The zero-order valence-electron chi connectivity index (χ0n) is 18.8. The van der Waals surface area contributed by atoms with E-state index in [0.717, 1.165) is 5.69 Å². The third-order valence-electron chi connectivity index (χ3n) is 4.90. The van der Waals surface area contributed by atoms with Gasteiger partial charge in [-0.15, -0.1) is 0 Å². The van der Waals surface area contributed by atoms with Crippen LogP contribution in [0, 0.1) is 11.3 Å². The van der Waals surface area contributed by atoms with E-state index in [0.29, 0.717) is 41.9 Å². The number of carbonyl (C=O) groups is 2. The summed E-state index contributed by atoms with van der Waals surface area (Å²) in [6, 6.07) is 12.2. The standard InChI is InChI=1S/C24H31N3O4/c1-6-30-20-10-8-7-9-18(20)26-23(29)25-17-11-12-19-21(13-17)31-15-24(4,5)22(28)27(19)14-16(2)3/h7-13,16H,6,14-15H2,1-5H3,(H2,25,26,29). The first-order chi connectivity index (χ1) is 14.7. The highest BCUT2D eigenvalue weighted by Gasteiger charge is 2.38. The van der Waals surface area contributed by atoms with Gasteiger partial charge in [-0.25, -0.2) is 4.79 Å². The third kappa shape index (κ3) is 5.29. The number of ether oxygens (including phenoxy) is 2. The van der Waals surface area contributed by atoms with Gasteiger partial charge in [0, 0.05) is 18.3 Å². The average Bonchev–Trinajstić information content (AvgIpc) is 2.79. The van der Waals surface area contributed by atoms with Crippen LogP contribution in [0.2, 0.25) is 0 Å². The Hall–Kier alpha value is -3.22. The summed E-state index contributed by atoms with van der Waals surface area (Å²) >= 11 is 0. The highest BCUT2D eigenvalue weighted by Crippen LogP contribution is 2.38. The molecule has 0 spiro atoms. The van der Waals surface area contributed by atoms with Crippen LogP contribution in [0.25, 0.3) is 0 Å². The zero-order valence-corrected chi connectivity index (χ0v) is 18.8. The quantitative estimate of drug-likeness (QED) is 0.672. The van der Waals surface area contributed by atoms with E-state index in [1.165, 1.54) is 0 Å². The van der Waals surface area contributed by atoms with Crippen molar-refractivity contribution in [2.75, 3.05) is 35.3 Å². The number of rotatable bonds is 6. The highest BCUT2D eigenvalue weighted by molar-refractivity contribution is 6.02. The number of hydrogen-bond acceptors (Lipinski definition) is 4. The molecule has 0 atom stereocenters. The van der Waals surface area contributed by atoms with Gasteiger partial charge in [0.2, 0.25) is 5.91 Å². The van der Waals surface area contributed by atoms with Crippen molar-refractivity contribution in [2.24, 2.45) is 11.3 Å². The van der Waals surface area contributed by atoms with Gasteiger partial charge in [-0.1, -0.05) is 26.0 Å². The molecule has 0 aliphatic carbocycles. The van der Waals surface area contributed by atoms with Crippen molar-refractivity contribution < 1.29 is 19.1 Å². The van der Waals surface area contributed by atoms with E-state index in [9.17, 15) is 9.59 Å². The van der Waals surface area contributed by atoms with Gasteiger partial charge in [0.1, 0.15) is 18.1 Å². The Morgan fingerprint density at radius 1 is 1.19 bits per heavy atom. The molecule has 0 bridgehead atoms. The van der Waals surface area contributed by atoms with Crippen LogP contribution in [0.3, 0.4) is 0 Å². The first-order valence-electron chi connectivity index (χ1n) is 10.6. The molecule has 0 saturated heterocycles. The lowest BCUT2D eigenvalue weighted by molar-refractivity contribution is -0.127. The van der Waals surface area contributed by atoms with Gasteiger partial charge < -0.3 is 25.0 Å². The van der Waals surface area contributed by atoms with Crippen LogP contribution in [-0.4, -0.2) is 31.7 Å². The maximum absolute atomic E-state index is 13.1. The van der Waals surface area contributed by atoms with E-state index < -0.39 is 11.4 Å². The molecule has 0 fully saturated rings. The molecule has 1 aliphatic heterocycles. The molecular formula is C24H31N3O4. The highest BCUT2D eigenvalue weighted by atomic mass is 16.5. The second-order valence-corrected chi connectivity index (χ2v) is 8.67. The number of fused-ring (bicyclic) bond motifs is 1. The van der Waals surface area contributed by atoms with Crippen molar-refractivity contribution >= 4 is 29.0 Å². The maximum atomic E-state index is 13.1. The molecule has 3 rings (SSSR count). The van der Waals surface area contributed by atoms with Crippen LogP contribution in [0.4, 0.5) is 21.9 Å². The molecule has 0 radical (unpaired) electrons. The molecule has 0 unspecified atom stereocenters. The Morgan fingerprint density at radius 3 is 2.65 bits per heavy atom. The van der Waals surface area contributed by atoms with Gasteiger partial charge in [0.15, 0.2) is 0 Å². The first-order valence-corrected chi connectivity index (χ1v) is 10.6. The minimum Gasteiger partial charge on any atom is -0.492 e. The number of nitrogens with zero attached hydrogens (tertiary/aromatic N) is 1. The van der Waals surface area contributed by atoms with E-state index in [4.69, 9.17) is 9.47 Å². The number of benzene rings is 2. The third-order valence-corrected chi connectivity index (χ3v) is 4.90. The summed E-state index contributed by atoms with van der Waals surface area (Å²) in [5.74, 6) is 1.52. The number of anilines is 3. The van der Waals surface area contributed by atoms with Gasteiger partial charge in [-0.2, -0.15) is 0 Å². The number of nitrogens with one attached hydrogen (secondary N) is 2. The SMILES string of the molecule is CCOc1ccccc1NC(=O)Nc1ccc2c(c1)OCC(C)(C)C(=O)N2CC(C)C. The molecular weight excluding hydrogens is 394 g/mol. The predicted molar refractivity (Wildman–Crippen MR) is 123 cm³/mol. The fraction of sp³-hybridized carbons (Fsp3) is 0.417. The fourth-order valence-corrected chi connectivity index (χ4v) is 3.41. The Morgan fingerprint density at radius 2 is 1.94 bits per heavy atom. The van der Waals surface area contributed by atoms with Crippen LogP contribution in [-0.2, 0) is 4.79 Å².